The standard InChI is InChI=1S/C24H33N3O4S/c1-5-16-25-24(29)22(6-2)26(17-20-14-12-19(3)13-15-20)23(28)18-27(32(4,30)31)21-10-8-7-9-11-21/h7-15,22H,5-6,16-18H2,1-4H3,(H,25,29)/t22-/m0/s1. The number of sulfonamides is 1. The number of hydrogen-bond acceptors (Lipinski definition) is 4. The van der Waals surface area contributed by atoms with Gasteiger partial charge in [0, 0.05) is 13.1 Å². The summed E-state index contributed by atoms with van der Waals surface area (Å²) in [6.07, 6.45) is 2.27. The molecule has 0 saturated heterocycles. The van der Waals surface area contributed by atoms with E-state index in [4.69, 9.17) is 0 Å². The van der Waals surface area contributed by atoms with Gasteiger partial charge >= 0.3 is 0 Å². The molecular formula is C24H33N3O4S. The lowest BCUT2D eigenvalue weighted by Gasteiger charge is -2.32. The van der Waals surface area contributed by atoms with Crippen molar-refractivity contribution in [2.75, 3.05) is 23.7 Å². The molecule has 32 heavy (non-hydrogen) atoms. The van der Waals surface area contributed by atoms with Crippen molar-refractivity contribution in [1.29, 1.82) is 0 Å². The number of anilines is 1. The Morgan fingerprint density at radius 2 is 1.62 bits per heavy atom. The highest BCUT2D eigenvalue weighted by Crippen LogP contribution is 2.19. The van der Waals surface area contributed by atoms with Crippen molar-refractivity contribution in [1.82, 2.24) is 10.2 Å². The number of amides is 2. The van der Waals surface area contributed by atoms with E-state index in [2.05, 4.69) is 5.32 Å². The van der Waals surface area contributed by atoms with Crippen LogP contribution < -0.4 is 9.62 Å². The summed E-state index contributed by atoms with van der Waals surface area (Å²) in [5, 5.41) is 2.86. The molecule has 2 rings (SSSR count). The quantitative estimate of drug-likeness (QED) is 0.559. The van der Waals surface area contributed by atoms with Gasteiger partial charge in [0.2, 0.25) is 21.8 Å². The molecule has 2 aromatic carbocycles. The third-order valence-corrected chi connectivity index (χ3v) is 6.27. The summed E-state index contributed by atoms with van der Waals surface area (Å²) in [5.74, 6) is -0.668. The lowest BCUT2D eigenvalue weighted by Crippen LogP contribution is -2.52. The average molecular weight is 460 g/mol. The van der Waals surface area contributed by atoms with Crippen molar-refractivity contribution >= 4 is 27.5 Å². The Morgan fingerprint density at radius 1 is 1.00 bits per heavy atom. The van der Waals surface area contributed by atoms with Crippen LogP contribution in [0.5, 0.6) is 0 Å². The van der Waals surface area contributed by atoms with Gasteiger partial charge in [-0.25, -0.2) is 8.42 Å². The normalized spacial score (nSPS) is 12.1. The number of carbonyl (C=O) groups excluding carboxylic acids is 2. The summed E-state index contributed by atoms with van der Waals surface area (Å²) in [6.45, 7) is 6.12. The van der Waals surface area contributed by atoms with E-state index < -0.39 is 22.0 Å². The minimum absolute atomic E-state index is 0.212. The van der Waals surface area contributed by atoms with Gasteiger partial charge in [0.15, 0.2) is 0 Å². The predicted molar refractivity (Wildman–Crippen MR) is 128 cm³/mol. The van der Waals surface area contributed by atoms with E-state index in [-0.39, 0.29) is 19.0 Å². The Balaban J connectivity index is 2.38. The molecule has 174 valence electrons. The fourth-order valence-electron chi connectivity index (χ4n) is 3.38. The summed E-state index contributed by atoms with van der Waals surface area (Å²) in [5.41, 5.74) is 2.37. The Morgan fingerprint density at radius 3 is 2.16 bits per heavy atom. The second kappa shape index (κ2) is 11.7. The number of aryl methyl sites for hydroxylation is 1. The molecule has 0 unspecified atom stereocenters. The Hall–Kier alpha value is -2.87. The molecule has 2 amide bonds. The van der Waals surface area contributed by atoms with Crippen LogP contribution in [-0.4, -0.2) is 50.5 Å². The number of nitrogens with zero attached hydrogens (tertiary/aromatic N) is 2. The Labute approximate surface area is 191 Å². The summed E-state index contributed by atoms with van der Waals surface area (Å²) >= 11 is 0. The van der Waals surface area contributed by atoms with Gasteiger partial charge in [-0.2, -0.15) is 0 Å². The second-order valence-corrected chi connectivity index (χ2v) is 9.73. The van der Waals surface area contributed by atoms with Gasteiger partial charge < -0.3 is 10.2 Å². The molecule has 2 aromatic rings. The van der Waals surface area contributed by atoms with Crippen LogP contribution in [0, 0.1) is 6.92 Å². The molecule has 0 aliphatic heterocycles. The molecule has 0 aromatic heterocycles. The van der Waals surface area contributed by atoms with Gasteiger partial charge in [0.1, 0.15) is 12.6 Å². The lowest BCUT2D eigenvalue weighted by molar-refractivity contribution is -0.140. The molecule has 1 atom stereocenters. The summed E-state index contributed by atoms with van der Waals surface area (Å²) in [4.78, 5) is 27.8. The first-order valence-corrected chi connectivity index (χ1v) is 12.7. The van der Waals surface area contributed by atoms with Crippen molar-refractivity contribution in [2.45, 2.75) is 46.2 Å². The topological polar surface area (TPSA) is 86.8 Å². The molecule has 0 heterocycles. The summed E-state index contributed by atoms with van der Waals surface area (Å²) in [6, 6.07) is 15.5. The molecule has 0 bridgehead atoms. The maximum atomic E-state index is 13.5. The average Bonchev–Trinajstić information content (AvgIpc) is 2.76. The van der Waals surface area contributed by atoms with E-state index in [1.54, 1.807) is 30.3 Å². The Bertz CT molecular complexity index is 992. The molecule has 0 fully saturated rings. The van der Waals surface area contributed by atoms with Gasteiger partial charge in [-0.15, -0.1) is 0 Å². The van der Waals surface area contributed by atoms with Crippen LogP contribution >= 0.6 is 0 Å². The van der Waals surface area contributed by atoms with E-state index in [1.165, 1.54) is 4.90 Å². The van der Waals surface area contributed by atoms with Crippen LogP contribution in [0.3, 0.4) is 0 Å². The van der Waals surface area contributed by atoms with Gasteiger partial charge in [-0.3, -0.25) is 13.9 Å². The molecular weight excluding hydrogens is 426 g/mol. The highest BCUT2D eigenvalue weighted by molar-refractivity contribution is 7.92. The fourth-order valence-corrected chi connectivity index (χ4v) is 4.23. The zero-order valence-corrected chi connectivity index (χ0v) is 20.1. The van der Waals surface area contributed by atoms with Crippen molar-refractivity contribution in [3.05, 3.63) is 65.7 Å². The van der Waals surface area contributed by atoms with Gasteiger partial charge in [-0.05, 0) is 37.5 Å². The monoisotopic (exact) mass is 459 g/mol. The van der Waals surface area contributed by atoms with Crippen LogP contribution in [0.1, 0.15) is 37.8 Å². The van der Waals surface area contributed by atoms with E-state index in [1.807, 2.05) is 45.0 Å². The van der Waals surface area contributed by atoms with Crippen molar-refractivity contribution < 1.29 is 18.0 Å². The first-order valence-electron chi connectivity index (χ1n) is 10.8. The van der Waals surface area contributed by atoms with E-state index >= 15 is 0 Å². The lowest BCUT2D eigenvalue weighted by atomic mass is 10.1. The van der Waals surface area contributed by atoms with E-state index in [0.717, 1.165) is 28.1 Å². The molecule has 1 N–H and O–H groups in total. The van der Waals surface area contributed by atoms with Gasteiger partial charge in [-0.1, -0.05) is 61.9 Å². The molecule has 0 aliphatic carbocycles. The highest BCUT2D eigenvalue weighted by Gasteiger charge is 2.31. The molecule has 0 spiro atoms. The minimum Gasteiger partial charge on any atom is -0.354 e. The maximum Gasteiger partial charge on any atom is 0.244 e. The fraction of sp³-hybridized carbons (Fsp3) is 0.417. The Kier molecular flexibility index (Phi) is 9.26. The smallest absolute Gasteiger partial charge is 0.244 e. The van der Waals surface area contributed by atoms with Crippen LogP contribution in [-0.2, 0) is 26.2 Å². The van der Waals surface area contributed by atoms with Crippen LogP contribution in [0.25, 0.3) is 0 Å². The van der Waals surface area contributed by atoms with Gasteiger partial charge in [0.25, 0.3) is 0 Å². The summed E-state index contributed by atoms with van der Waals surface area (Å²) in [7, 11) is -3.71. The van der Waals surface area contributed by atoms with E-state index in [0.29, 0.717) is 18.7 Å². The van der Waals surface area contributed by atoms with Crippen LogP contribution in [0.4, 0.5) is 5.69 Å². The number of nitrogens with one attached hydrogen (secondary N) is 1. The first kappa shape index (κ1) is 25.4. The van der Waals surface area contributed by atoms with Crippen molar-refractivity contribution in [3.8, 4) is 0 Å². The number of para-hydroxylation sites is 1. The third-order valence-electron chi connectivity index (χ3n) is 5.13. The number of rotatable bonds is 11. The molecule has 0 radical (unpaired) electrons. The summed E-state index contributed by atoms with van der Waals surface area (Å²) < 4.78 is 26.0. The minimum atomic E-state index is -3.71. The third kappa shape index (κ3) is 7.09. The van der Waals surface area contributed by atoms with Gasteiger partial charge in [0.05, 0.1) is 11.9 Å². The number of benzene rings is 2. The van der Waals surface area contributed by atoms with Crippen molar-refractivity contribution in [2.24, 2.45) is 0 Å². The van der Waals surface area contributed by atoms with Crippen LogP contribution in [0.2, 0.25) is 0 Å². The van der Waals surface area contributed by atoms with Crippen molar-refractivity contribution in [3.63, 3.8) is 0 Å². The molecule has 8 heteroatoms. The molecule has 0 aliphatic rings. The van der Waals surface area contributed by atoms with Crippen LogP contribution in [0.15, 0.2) is 54.6 Å². The largest absolute Gasteiger partial charge is 0.354 e. The highest BCUT2D eigenvalue weighted by atomic mass is 32.2. The zero-order valence-electron chi connectivity index (χ0n) is 19.2. The number of carbonyl (C=O) groups is 2. The maximum absolute atomic E-state index is 13.5. The molecule has 7 nitrogen and oxygen atoms in total. The molecule has 0 saturated carbocycles. The zero-order chi connectivity index (χ0) is 23.7. The second-order valence-electron chi connectivity index (χ2n) is 7.83. The first-order chi connectivity index (χ1) is 15.2. The van der Waals surface area contributed by atoms with E-state index in [9.17, 15) is 18.0 Å². The number of hydrogen-bond donors (Lipinski definition) is 1. The predicted octanol–water partition coefficient (Wildman–Crippen LogP) is 3.09. The SMILES string of the molecule is CCCNC(=O)[C@H](CC)N(Cc1ccc(C)cc1)C(=O)CN(c1ccccc1)S(C)(=O)=O.